The fourth-order valence-electron chi connectivity index (χ4n) is 5.53. The Kier molecular flexibility index (Phi) is 12.1. The second-order valence-electron chi connectivity index (χ2n) is 11.9. The van der Waals surface area contributed by atoms with Crippen LogP contribution >= 0.6 is 11.8 Å². The maximum atomic E-state index is 13.7. The number of aliphatic hydroxyl groups is 1. The zero-order valence-electron chi connectivity index (χ0n) is 26.2. The van der Waals surface area contributed by atoms with Crippen LogP contribution in [-0.4, -0.2) is 76.5 Å². The van der Waals surface area contributed by atoms with Gasteiger partial charge in [0.05, 0.1) is 24.2 Å². The SMILES string of the molecule is COCN(Cc1ccccc1C)CC1(C)CN(C(=O)C(O)C(Cc2ccccc2)NC(=O)NCc2cccc(C(F)(F)F)c2)CS1. The van der Waals surface area contributed by atoms with Crippen LogP contribution in [0.15, 0.2) is 78.9 Å². The van der Waals surface area contributed by atoms with E-state index in [0.717, 1.165) is 17.7 Å². The largest absolute Gasteiger partial charge is 0.416 e. The van der Waals surface area contributed by atoms with Gasteiger partial charge in [-0.1, -0.05) is 66.7 Å². The van der Waals surface area contributed by atoms with Gasteiger partial charge in [0, 0.05) is 38.0 Å². The maximum absolute atomic E-state index is 13.7. The Labute approximate surface area is 272 Å². The Morgan fingerprint density at radius 3 is 2.46 bits per heavy atom. The molecule has 0 saturated carbocycles. The monoisotopic (exact) mass is 658 g/mol. The Morgan fingerprint density at radius 1 is 1.07 bits per heavy atom. The molecule has 3 amide bonds. The first-order chi connectivity index (χ1) is 21.9. The summed E-state index contributed by atoms with van der Waals surface area (Å²) in [6.07, 6.45) is -5.89. The lowest BCUT2D eigenvalue weighted by Gasteiger charge is -2.32. The number of aliphatic hydroxyl groups excluding tert-OH is 1. The summed E-state index contributed by atoms with van der Waals surface area (Å²) in [4.78, 5) is 30.3. The number of rotatable bonds is 13. The third kappa shape index (κ3) is 9.96. The van der Waals surface area contributed by atoms with Gasteiger partial charge >= 0.3 is 12.2 Å². The van der Waals surface area contributed by atoms with Gasteiger partial charge in [-0.3, -0.25) is 9.69 Å². The van der Waals surface area contributed by atoms with Gasteiger partial charge in [-0.05, 0) is 54.7 Å². The second-order valence-corrected chi connectivity index (χ2v) is 13.4. The molecule has 0 radical (unpaired) electrons. The standard InChI is InChI=1S/C34H41F3N4O4S/c1-24-10-7-8-14-27(24)19-40(22-45-3)20-33(2)21-41(23-46-33)31(43)30(42)29(17-25-11-5-4-6-12-25)39-32(44)38-18-26-13-9-15-28(16-26)34(35,36)37/h4-16,29-30,42H,17-23H2,1-3H3,(H2,38,39,44). The van der Waals surface area contributed by atoms with E-state index < -0.39 is 35.8 Å². The van der Waals surface area contributed by atoms with Crippen molar-refractivity contribution in [2.24, 2.45) is 0 Å². The lowest BCUT2D eigenvalue weighted by atomic mass is 10.00. The molecule has 0 aromatic heterocycles. The molecule has 1 heterocycles. The highest BCUT2D eigenvalue weighted by Crippen LogP contribution is 2.36. The number of hydrogen-bond donors (Lipinski definition) is 3. The van der Waals surface area contributed by atoms with Crippen LogP contribution in [-0.2, 0) is 35.2 Å². The first-order valence-corrected chi connectivity index (χ1v) is 16.0. The molecule has 8 nitrogen and oxygen atoms in total. The van der Waals surface area contributed by atoms with Crippen LogP contribution in [0.1, 0.15) is 34.7 Å². The molecule has 1 saturated heterocycles. The van der Waals surface area contributed by atoms with Crippen molar-refractivity contribution in [3.05, 3.63) is 107 Å². The normalized spacial score (nSPS) is 18.0. The number of methoxy groups -OCH3 is 1. The van der Waals surface area contributed by atoms with E-state index in [9.17, 15) is 27.9 Å². The summed E-state index contributed by atoms with van der Waals surface area (Å²) in [6.45, 7) is 6.12. The number of carbonyl (C=O) groups is 2. The lowest BCUT2D eigenvalue weighted by molar-refractivity contribution is -0.140. The highest BCUT2D eigenvalue weighted by Gasteiger charge is 2.41. The van der Waals surface area contributed by atoms with Gasteiger partial charge in [0.15, 0.2) is 6.10 Å². The van der Waals surface area contributed by atoms with Gasteiger partial charge in [-0.2, -0.15) is 13.2 Å². The minimum absolute atomic E-state index is 0.167. The van der Waals surface area contributed by atoms with E-state index in [2.05, 4.69) is 41.5 Å². The smallest absolute Gasteiger partial charge is 0.381 e. The predicted octanol–water partition coefficient (Wildman–Crippen LogP) is 5.18. The molecule has 1 fully saturated rings. The number of ether oxygens (including phenoxy) is 1. The molecule has 0 aliphatic carbocycles. The fourth-order valence-corrected chi connectivity index (χ4v) is 6.73. The summed E-state index contributed by atoms with van der Waals surface area (Å²) in [5, 5.41) is 16.6. The number of benzene rings is 3. The summed E-state index contributed by atoms with van der Waals surface area (Å²) in [7, 11) is 1.65. The molecular formula is C34H41F3N4O4S. The molecule has 46 heavy (non-hydrogen) atoms. The molecule has 0 spiro atoms. The van der Waals surface area contributed by atoms with Gasteiger partial charge in [0.25, 0.3) is 5.91 Å². The summed E-state index contributed by atoms with van der Waals surface area (Å²) in [5.41, 5.74) is 2.62. The van der Waals surface area contributed by atoms with Crippen LogP contribution in [0.4, 0.5) is 18.0 Å². The third-order valence-corrected chi connectivity index (χ3v) is 9.28. The van der Waals surface area contributed by atoms with Gasteiger partial charge in [-0.25, -0.2) is 4.79 Å². The minimum atomic E-state index is -4.50. The predicted molar refractivity (Wildman–Crippen MR) is 173 cm³/mol. The number of urea groups is 1. The summed E-state index contributed by atoms with van der Waals surface area (Å²) in [6, 6.07) is 20.3. The molecule has 1 aliphatic rings. The lowest BCUT2D eigenvalue weighted by Crippen LogP contribution is -2.55. The molecule has 248 valence electrons. The average molecular weight is 659 g/mol. The molecule has 3 aromatic carbocycles. The Hall–Kier alpha value is -3.58. The van der Waals surface area contributed by atoms with Crippen LogP contribution in [0.2, 0.25) is 0 Å². The van der Waals surface area contributed by atoms with Crippen molar-refractivity contribution in [2.45, 2.75) is 56.4 Å². The van der Waals surface area contributed by atoms with Crippen molar-refractivity contribution in [3.63, 3.8) is 0 Å². The van der Waals surface area contributed by atoms with Gasteiger partial charge < -0.3 is 25.4 Å². The molecule has 1 aliphatic heterocycles. The Bertz CT molecular complexity index is 1460. The number of carbonyl (C=O) groups excluding carboxylic acids is 2. The quantitative estimate of drug-likeness (QED) is 0.219. The van der Waals surface area contributed by atoms with E-state index in [1.54, 1.807) is 23.8 Å². The number of halogens is 3. The van der Waals surface area contributed by atoms with Crippen LogP contribution in [0.3, 0.4) is 0 Å². The number of amides is 3. The number of aryl methyl sites for hydroxylation is 1. The van der Waals surface area contributed by atoms with Crippen molar-refractivity contribution in [1.29, 1.82) is 0 Å². The number of nitrogens with zero attached hydrogens (tertiary/aromatic N) is 2. The number of thioether (sulfide) groups is 1. The third-order valence-electron chi connectivity index (χ3n) is 7.89. The molecule has 4 rings (SSSR count). The van der Waals surface area contributed by atoms with Crippen molar-refractivity contribution < 1.29 is 32.6 Å². The molecular weight excluding hydrogens is 617 g/mol. The van der Waals surface area contributed by atoms with Crippen molar-refractivity contribution in [3.8, 4) is 0 Å². The second kappa shape index (κ2) is 15.8. The maximum Gasteiger partial charge on any atom is 0.416 e. The van der Waals surface area contributed by atoms with Crippen LogP contribution in [0.5, 0.6) is 0 Å². The summed E-state index contributed by atoms with van der Waals surface area (Å²) < 4.78 is 44.5. The number of hydrogen-bond acceptors (Lipinski definition) is 6. The molecule has 3 aromatic rings. The number of alkyl halides is 3. The summed E-state index contributed by atoms with van der Waals surface area (Å²) in [5.74, 6) is -0.135. The van der Waals surface area contributed by atoms with Crippen LogP contribution in [0, 0.1) is 6.92 Å². The first-order valence-electron chi connectivity index (χ1n) is 15.0. The van der Waals surface area contributed by atoms with Crippen molar-refractivity contribution >= 4 is 23.7 Å². The van der Waals surface area contributed by atoms with E-state index in [-0.39, 0.29) is 23.3 Å². The van der Waals surface area contributed by atoms with E-state index in [1.807, 2.05) is 42.5 Å². The van der Waals surface area contributed by atoms with E-state index >= 15 is 0 Å². The van der Waals surface area contributed by atoms with E-state index in [4.69, 9.17) is 4.74 Å². The topological polar surface area (TPSA) is 94.1 Å². The molecule has 3 unspecified atom stereocenters. The molecule has 3 atom stereocenters. The van der Waals surface area contributed by atoms with Crippen LogP contribution in [0.25, 0.3) is 0 Å². The first kappa shape index (κ1) is 35.3. The fraction of sp³-hybridized carbons (Fsp3) is 0.412. The molecule has 12 heteroatoms. The molecule has 0 bridgehead atoms. The van der Waals surface area contributed by atoms with Crippen LogP contribution < -0.4 is 10.6 Å². The highest BCUT2D eigenvalue weighted by atomic mass is 32.2. The van der Waals surface area contributed by atoms with Gasteiger partial charge in [-0.15, -0.1) is 11.8 Å². The van der Waals surface area contributed by atoms with Gasteiger partial charge in [0.2, 0.25) is 0 Å². The van der Waals surface area contributed by atoms with Crippen molar-refractivity contribution in [2.75, 3.05) is 32.8 Å². The van der Waals surface area contributed by atoms with E-state index in [0.29, 0.717) is 32.2 Å². The zero-order valence-corrected chi connectivity index (χ0v) is 27.0. The number of nitrogens with one attached hydrogen (secondary N) is 2. The Balaban J connectivity index is 1.41. The Morgan fingerprint density at radius 2 is 1.76 bits per heavy atom. The zero-order chi connectivity index (χ0) is 33.3. The van der Waals surface area contributed by atoms with Crippen molar-refractivity contribution in [1.82, 2.24) is 20.4 Å². The average Bonchev–Trinajstić information content (AvgIpc) is 3.41. The molecule has 3 N–H and O–H groups in total. The van der Waals surface area contributed by atoms with E-state index in [1.165, 1.54) is 23.3 Å². The summed E-state index contributed by atoms with van der Waals surface area (Å²) >= 11 is 1.62. The highest BCUT2D eigenvalue weighted by molar-refractivity contribution is 8.00. The minimum Gasteiger partial charge on any atom is -0.381 e. The van der Waals surface area contributed by atoms with Gasteiger partial charge in [0.1, 0.15) is 0 Å².